The van der Waals surface area contributed by atoms with E-state index in [4.69, 9.17) is 16.2 Å². The van der Waals surface area contributed by atoms with E-state index in [0.29, 0.717) is 11.6 Å². The molecule has 0 aliphatic heterocycles. The van der Waals surface area contributed by atoms with E-state index >= 15 is 0 Å². The highest BCUT2D eigenvalue weighted by molar-refractivity contribution is 5.93. The van der Waals surface area contributed by atoms with Crippen LogP contribution in [0.25, 0.3) is 0 Å². The molecule has 0 aliphatic rings. The number of nitrogen functional groups attached to an aromatic ring is 1. The van der Waals surface area contributed by atoms with Crippen molar-refractivity contribution >= 4 is 11.6 Å². The zero-order chi connectivity index (χ0) is 14.0. The third-order valence-corrected chi connectivity index (χ3v) is 2.47. The molecule has 0 saturated heterocycles. The Bertz CT molecular complexity index is 644. The average molecular weight is 261 g/mol. The van der Waals surface area contributed by atoms with E-state index in [2.05, 4.69) is 4.98 Å². The van der Waals surface area contributed by atoms with Crippen LogP contribution < -0.4 is 16.2 Å². The zero-order valence-electron chi connectivity index (χ0n) is 10.2. The fourth-order valence-electron chi connectivity index (χ4n) is 1.56. The van der Waals surface area contributed by atoms with Crippen LogP contribution in [0.4, 0.5) is 10.1 Å². The lowest BCUT2D eigenvalue weighted by Crippen LogP contribution is -2.12. The minimum atomic E-state index is -0.828. The summed E-state index contributed by atoms with van der Waals surface area (Å²) < 4.78 is 19.0. The van der Waals surface area contributed by atoms with E-state index in [1.54, 1.807) is 13.0 Å². The van der Waals surface area contributed by atoms with Gasteiger partial charge in [0.15, 0.2) is 0 Å². The molecule has 1 heterocycles. The number of aryl methyl sites for hydroxylation is 1. The van der Waals surface area contributed by atoms with Crippen molar-refractivity contribution in [2.75, 3.05) is 5.73 Å². The quantitative estimate of drug-likeness (QED) is 0.884. The van der Waals surface area contributed by atoms with E-state index in [1.165, 1.54) is 18.3 Å². The van der Waals surface area contributed by atoms with Crippen molar-refractivity contribution in [2.24, 2.45) is 5.73 Å². The molecule has 19 heavy (non-hydrogen) atoms. The van der Waals surface area contributed by atoms with Gasteiger partial charge in [-0.05, 0) is 25.1 Å². The molecule has 0 bridgehead atoms. The van der Waals surface area contributed by atoms with Crippen molar-refractivity contribution in [3.05, 3.63) is 47.4 Å². The number of carbonyl (C=O) groups is 1. The molecule has 6 heteroatoms. The van der Waals surface area contributed by atoms with Gasteiger partial charge < -0.3 is 16.2 Å². The summed E-state index contributed by atoms with van der Waals surface area (Å²) in [6, 6.07) is 5.48. The number of nitrogens with zero attached hydrogens (tertiary/aromatic N) is 1. The van der Waals surface area contributed by atoms with Crippen LogP contribution in [0.1, 0.15) is 15.9 Å². The lowest BCUT2D eigenvalue weighted by Gasteiger charge is -2.08. The molecule has 0 atom stereocenters. The number of aromatic nitrogens is 1. The predicted molar refractivity (Wildman–Crippen MR) is 68.4 cm³/mol. The number of benzene rings is 1. The van der Waals surface area contributed by atoms with Gasteiger partial charge in [-0.15, -0.1) is 0 Å². The number of amides is 1. The van der Waals surface area contributed by atoms with Gasteiger partial charge in [-0.25, -0.2) is 9.37 Å². The smallest absolute Gasteiger partial charge is 0.251 e. The third kappa shape index (κ3) is 2.79. The summed E-state index contributed by atoms with van der Waals surface area (Å²) in [6.45, 7) is 1.77. The largest absolute Gasteiger partial charge is 0.439 e. The molecular formula is C13H12FN3O2. The lowest BCUT2D eigenvalue weighted by atomic mass is 10.2. The standard InChI is InChI=1S/C13H12FN3O2/c1-7-4-8(15)6-17-13(7)19-9-2-3-10(12(16)18)11(14)5-9/h2-6H,15H2,1H3,(H2,16,18). The summed E-state index contributed by atoms with van der Waals surface area (Å²) in [5, 5.41) is 0. The topological polar surface area (TPSA) is 91.2 Å². The highest BCUT2D eigenvalue weighted by atomic mass is 19.1. The van der Waals surface area contributed by atoms with Crippen molar-refractivity contribution in [1.82, 2.24) is 4.98 Å². The third-order valence-electron chi connectivity index (χ3n) is 2.47. The second-order valence-corrected chi connectivity index (χ2v) is 4.00. The minimum Gasteiger partial charge on any atom is -0.439 e. The number of hydrogen-bond acceptors (Lipinski definition) is 4. The van der Waals surface area contributed by atoms with Gasteiger partial charge in [-0.1, -0.05) is 0 Å². The Kier molecular flexibility index (Phi) is 3.33. The fourth-order valence-corrected chi connectivity index (χ4v) is 1.56. The first-order valence-electron chi connectivity index (χ1n) is 5.46. The number of pyridine rings is 1. The van der Waals surface area contributed by atoms with Crippen molar-refractivity contribution in [1.29, 1.82) is 0 Å². The van der Waals surface area contributed by atoms with Crippen LogP contribution in [0.15, 0.2) is 30.5 Å². The molecular weight excluding hydrogens is 249 g/mol. The predicted octanol–water partition coefficient (Wildman–Crippen LogP) is 2.00. The van der Waals surface area contributed by atoms with Crippen LogP contribution in [-0.4, -0.2) is 10.9 Å². The molecule has 0 saturated carbocycles. The van der Waals surface area contributed by atoms with Crippen LogP contribution in [-0.2, 0) is 0 Å². The molecule has 5 nitrogen and oxygen atoms in total. The summed E-state index contributed by atoms with van der Waals surface area (Å²) in [6.07, 6.45) is 1.44. The molecule has 1 aromatic heterocycles. The highest BCUT2D eigenvalue weighted by Crippen LogP contribution is 2.25. The van der Waals surface area contributed by atoms with Crippen molar-refractivity contribution in [3.63, 3.8) is 0 Å². The molecule has 4 N–H and O–H groups in total. The minimum absolute atomic E-state index is 0.186. The van der Waals surface area contributed by atoms with Crippen molar-refractivity contribution in [2.45, 2.75) is 6.92 Å². The number of anilines is 1. The Morgan fingerprint density at radius 3 is 2.68 bits per heavy atom. The maximum absolute atomic E-state index is 13.5. The number of carbonyl (C=O) groups excluding carboxylic acids is 1. The molecule has 0 fully saturated rings. The molecule has 0 unspecified atom stereocenters. The molecule has 1 aromatic carbocycles. The first-order chi connectivity index (χ1) is 8.97. The molecule has 1 amide bonds. The maximum Gasteiger partial charge on any atom is 0.251 e. The zero-order valence-corrected chi connectivity index (χ0v) is 10.2. The van der Waals surface area contributed by atoms with Gasteiger partial charge in [0.05, 0.1) is 17.4 Å². The van der Waals surface area contributed by atoms with Gasteiger partial charge in [0.1, 0.15) is 11.6 Å². The first-order valence-corrected chi connectivity index (χ1v) is 5.46. The van der Waals surface area contributed by atoms with Gasteiger partial charge in [-0.2, -0.15) is 0 Å². The lowest BCUT2D eigenvalue weighted by molar-refractivity contribution is 0.0996. The Morgan fingerprint density at radius 2 is 2.11 bits per heavy atom. The Morgan fingerprint density at radius 1 is 1.37 bits per heavy atom. The average Bonchev–Trinajstić information content (AvgIpc) is 2.32. The van der Waals surface area contributed by atoms with Gasteiger partial charge in [0, 0.05) is 11.6 Å². The van der Waals surface area contributed by atoms with E-state index in [-0.39, 0.29) is 11.3 Å². The number of primary amides is 1. The van der Waals surface area contributed by atoms with Gasteiger partial charge in [0.25, 0.3) is 5.91 Å². The summed E-state index contributed by atoms with van der Waals surface area (Å²) in [7, 11) is 0. The van der Waals surface area contributed by atoms with Crippen LogP contribution in [0, 0.1) is 12.7 Å². The van der Waals surface area contributed by atoms with Crippen LogP contribution in [0.2, 0.25) is 0 Å². The normalized spacial score (nSPS) is 10.2. The van der Waals surface area contributed by atoms with E-state index in [0.717, 1.165) is 11.6 Å². The second-order valence-electron chi connectivity index (χ2n) is 4.00. The Labute approximate surface area is 109 Å². The highest BCUT2D eigenvalue weighted by Gasteiger charge is 2.10. The Balaban J connectivity index is 2.29. The summed E-state index contributed by atoms with van der Waals surface area (Å²) in [4.78, 5) is 14.9. The number of hydrogen-bond donors (Lipinski definition) is 2. The van der Waals surface area contributed by atoms with E-state index in [1.807, 2.05) is 0 Å². The van der Waals surface area contributed by atoms with Crippen molar-refractivity contribution in [3.8, 4) is 11.6 Å². The molecule has 0 spiro atoms. The Hall–Kier alpha value is -2.63. The van der Waals surface area contributed by atoms with Gasteiger partial charge in [-0.3, -0.25) is 4.79 Å². The van der Waals surface area contributed by atoms with Gasteiger partial charge >= 0.3 is 0 Å². The fraction of sp³-hybridized carbons (Fsp3) is 0.0769. The van der Waals surface area contributed by atoms with Gasteiger partial charge in [0.2, 0.25) is 5.88 Å². The SMILES string of the molecule is Cc1cc(N)cnc1Oc1ccc(C(N)=O)c(F)c1. The monoisotopic (exact) mass is 261 g/mol. The van der Waals surface area contributed by atoms with Crippen LogP contribution in [0.3, 0.4) is 0 Å². The second kappa shape index (κ2) is 4.93. The molecule has 0 radical (unpaired) electrons. The molecule has 98 valence electrons. The van der Waals surface area contributed by atoms with Crippen molar-refractivity contribution < 1.29 is 13.9 Å². The molecule has 0 aliphatic carbocycles. The maximum atomic E-state index is 13.5. The molecule has 2 rings (SSSR count). The van der Waals surface area contributed by atoms with E-state index in [9.17, 15) is 9.18 Å². The first kappa shape index (κ1) is 12.8. The number of ether oxygens (including phenoxy) is 1. The summed E-state index contributed by atoms with van der Waals surface area (Å²) >= 11 is 0. The number of halogens is 1. The number of nitrogens with two attached hydrogens (primary N) is 2. The summed E-state index contributed by atoms with van der Waals surface area (Å²) in [5.74, 6) is -1.02. The van der Waals surface area contributed by atoms with E-state index < -0.39 is 11.7 Å². The van der Waals surface area contributed by atoms with Crippen LogP contribution in [0.5, 0.6) is 11.6 Å². The summed E-state index contributed by atoms with van der Waals surface area (Å²) in [5.41, 5.74) is 11.6. The number of rotatable bonds is 3. The van der Waals surface area contributed by atoms with Crippen LogP contribution >= 0.6 is 0 Å². The molecule has 2 aromatic rings.